The average molecular weight is 412 g/mol. The molecule has 0 unspecified atom stereocenters. The van der Waals surface area contributed by atoms with E-state index >= 15 is 0 Å². The van der Waals surface area contributed by atoms with Crippen LogP contribution < -0.4 is 10.0 Å². The van der Waals surface area contributed by atoms with E-state index in [1.807, 2.05) is 18.2 Å². The highest BCUT2D eigenvalue weighted by Gasteiger charge is 2.30. The molecule has 0 atom stereocenters. The number of fused-ring (bicyclic) bond motifs is 1. The number of rotatable bonds is 6. The van der Waals surface area contributed by atoms with Crippen molar-refractivity contribution < 1.29 is 26.4 Å². The maximum absolute atomic E-state index is 12.2. The Labute approximate surface area is 161 Å². The Kier molecular flexibility index (Phi) is 5.76. The van der Waals surface area contributed by atoms with Crippen LogP contribution in [0.1, 0.15) is 23.1 Å². The number of carbonyl (C=O) groups excluding carboxylic acids is 1. The van der Waals surface area contributed by atoms with E-state index < -0.39 is 22.7 Å². The summed E-state index contributed by atoms with van der Waals surface area (Å²) in [6.07, 6.45) is -1.25. The van der Waals surface area contributed by atoms with Crippen LogP contribution in [-0.4, -0.2) is 27.0 Å². The molecule has 150 valence electrons. The third kappa shape index (κ3) is 5.32. The van der Waals surface area contributed by atoms with Crippen LogP contribution in [0.15, 0.2) is 47.4 Å². The summed E-state index contributed by atoms with van der Waals surface area (Å²) in [6, 6.07) is 11.0. The smallest absolute Gasteiger partial charge is 0.326 e. The molecule has 2 N–H and O–H groups in total. The number of alkyl halides is 3. The van der Waals surface area contributed by atoms with Crippen molar-refractivity contribution in [1.82, 2.24) is 4.72 Å². The SMILES string of the molecule is O=C(Cc1ccc2c(c1)CCC2)Nc1ccc(S(=O)(=O)NCC(F)(F)F)cc1. The van der Waals surface area contributed by atoms with Crippen molar-refractivity contribution in [3.05, 3.63) is 59.2 Å². The first-order valence-electron chi connectivity index (χ1n) is 8.69. The number of nitrogens with one attached hydrogen (secondary N) is 2. The topological polar surface area (TPSA) is 75.3 Å². The highest BCUT2D eigenvalue weighted by molar-refractivity contribution is 7.89. The molecule has 2 aromatic carbocycles. The maximum atomic E-state index is 12.2. The van der Waals surface area contributed by atoms with Gasteiger partial charge in [0.1, 0.15) is 6.54 Å². The second-order valence-electron chi connectivity index (χ2n) is 6.65. The van der Waals surface area contributed by atoms with Crippen LogP contribution in [0.3, 0.4) is 0 Å². The second kappa shape index (κ2) is 7.92. The summed E-state index contributed by atoms with van der Waals surface area (Å²) < 4.78 is 61.7. The molecule has 3 rings (SSSR count). The monoisotopic (exact) mass is 412 g/mol. The summed E-state index contributed by atoms with van der Waals surface area (Å²) in [7, 11) is -4.28. The molecule has 0 radical (unpaired) electrons. The first-order chi connectivity index (χ1) is 13.1. The van der Waals surface area contributed by atoms with Crippen LogP contribution >= 0.6 is 0 Å². The second-order valence-corrected chi connectivity index (χ2v) is 8.41. The molecule has 5 nitrogen and oxygen atoms in total. The fourth-order valence-corrected chi connectivity index (χ4v) is 4.12. The zero-order chi connectivity index (χ0) is 20.4. The Hall–Kier alpha value is -2.39. The number of hydrogen-bond acceptors (Lipinski definition) is 3. The third-order valence-electron chi connectivity index (χ3n) is 4.44. The van der Waals surface area contributed by atoms with Gasteiger partial charge in [-0.05, 0) is 60.2 Å². The van der Waals surface area contributed by atoms with Crippen LogP contribution in [0.4, 0.5) is 18.9 Å². The number of anilines is 1. The minimum atomic E-state index is -4.64. The lowest BCUT2D eigenvalue weighted by Gasteiger charge is -2.10. The van der Waals surface area contributed by atoms with Gasteiger partial charge in [-0.25, -0.2) is 13.1 Å². The number of aryl methyl sites for hydroxylation is 2. The summed E-state index contributed by atoms with van der Waals surface area (Å²) in [5, 5.41) is 2.66. The van der Waals surface area contributed by atoms with Crippen LogP contribution in [0, 0.1) is 0 Å². The average Bonchev–Trinajstić information content (AvgIpc) is 3.08. The lowest BCUT2D eigenvalue weighted by molar-refractivity contribution is -0.121. The molecule has 0 aromatic heterocycles. The van der Waals surface area contributed by atoms with Gasteiger partial charge in [-0.15, -0.1) is 0 Å². The maximum Gasteiger partial charge on any atom is 0.402 e. The molecule has 0 heterocycles. The molecule has 1 aliphatic rings. The molecule has 0 saturated carbocycles. The van der Waals surface area contributed by atoms with Crippen molar-refractivity contribution in [3.8, 4) is 0 Å². The van der Waals surface area contributed by atoms with Gasteiger partial charge in [0.05, 0.1) is 11.3 Å². The van der Waals surface area contributed by atoms with Crippen molar-refractivity contribution >= 4 is 21.6 Å². The summed E-state index contributed by atoms with van der Waals surface area (Å²) in [5.74, 6) is -0.260. The van der Waals surface area contributed by atoms with E-state index in [1.54, 1.807) is 0 Å². The lowest BCUT2D eigenvalue weighted by atomic mass is 10.0. The van der Waals surface area contributed by atoms with Crippen LogP contribution in [-0.2, 0) is 34.1 Å². The number of halogens is 3. The quantitative estimate of drug-likeness (QED) is 0.765. The Morgan fingerprint density at radius 3 is 2.36 bits per heavy atom. The van der Waals surface area contributed by atoms with Crippen molar-refractivity contribution in [1.29, 1.82) is 0 Å². The number of amides is 1. The third-order valence-corrected chi connectivity index (χ3v) is 5.86. The normalized spacial score (nSPS) is 14.0. The fourth-order valence-electron chi connectivity index (χ4n) is 3.10. The van der Waals surface area contributed by atoms with E-state index in [-0.39, 0.29) is 17.2 Å². The van der Waals surface area contributed by atoms with Gasteiger partial charge >= 0.3 is 6.18 Å². The molecule has 0 spiro atoms. The van der Waals surface area contributed by atoms with Gasteiger partial charge in [0.15, 0.2) is 0 Å². The molecule has 28 heavy (non-hydrogen) atoms. The number of benzene rings is 2. The first-order valence-corrected chi connectivity index (χ1v) is 10.2. The van der Waals surface area contributed by atoms with Crippen LogP contribution in [0.5, 0.6) is 0 Å². The van der Waals surface area contributed by atoms with Gasteiger partial charge in [0, 0.05) is 5.69 Å². The highest BCUT2D eigenvalue weighted by Crippen LogP contribution is 2.23. The molecule has 1 amide bonds. The van der Waals surface area contributed by atoms with Gasteiger partial charge in [-0.3, -0.25) is 4.79 Å². The van der Waals surface area contributed by atoms with E-state index in [0.29, 0.717) is 5.69 Å². The van der Waals surface area contributed by atoms with Gasteiger partial charge in [0.25, 0.3) is 0 Å². The van der Waals surface area contributed by atoms with Crippen molar-refractivity contribution in [2.45, 2.75) is 36.8 Å². The van der Waals surface area contributed by atoms with E-state index in [4.69, 9.17) is 0 Å². The zero-order valence-corrected chi connectivity index (χ0v) is 15.7. The molecule has 0 saturated heterocycles. The molecule has 0 fully saturated rings. The standard InChI is InChI=1S/C19H19F3N2O3S/c20-19(21,22)12-23-28(26,27)17-8-6-16(7-9-17)24-18(25)11-13-4-5-14-2-1-3-15(14)10-13/h4-10,23H,1-3,11-12H2,(H,24,25). The van der Waals surface area contributed by atoms with Crippen molar-refractivity contribution in [2.75, 3.05) is 11.9 Å². The molecule has 0 bridgehead atoms. The number of hydrogen-bond donors (Lipinski definition) is 2. The van der Waals surface area contributed by atoms with Gasteiger partial charge in [-0.1, -0.05) is 18.2 Å². The van der Waals surface area contributed by atoms with E-state index in [9.17, 15) is 26.4 Å². The Bertz CT molecular complexity index is 971. The summed E-state index contributed by atoms with van der Waals surface area (Å²) in [4.78, 5) is 11.9. The van der Waals surface area contributed by atoms with Gasteiger partial charge in [-0.2, -0.15) is 13.2 Å². The lowest BCUT2D eigenvalue weighted by Crippen LogP contribution is -2.33. The number of sulfonamides is 1. The van der Waals surface area contributed by atoms with Crippen LogP contribution in [0.2, 0.25) is 0 Å². The molecular formula is C19H19F3N2O3S. The highest BCUT2D eigenvalue weighted by atomic mass is 32.2. The minimum Gasteiger partial charge on any atom is -0.326 e. The van der Waals surface area contributed by atoms with Gasteiger partial charge in [0.2, 0.25) is 15.9 Å². The predicted octanol–water partition coefficient (Wildman–Crippen LogP) is 3.20. The molecule has 9 heteroatoms. The predicted molar refractivity (Wildman–Crippen MR) is 98.5 cm³/mol. The Balaban J connectivity index is 1.60. The van der Waals surface area contributed by atoms with Crippen molar-refractivity contribution in [2.24, 2.45) is 0 Å². The fraction of sp³-hybridized carbons (Fsp3) is 0.316. The van der Waals surface area contributed by atoms with E-state index in [0.717, 1.165) is 37.0 Å². The van der Waals surface area contributed by atoms with E-state index in [2.05, 4.69) is 5.32 Å². The largest absolute Gasteiger partial charge is 0.402 e. The first kappa shape index (κ1) is 20.3. The van der Waals surface area contributed by atoms with Crippen molar-refractivity contribution in [3.63, 3.8) is 0 Å². The number of carbonyl (C=O) groups is 1. The molecular weight excluding hydrogens is 393 g/mol. The Morgan fingerprint density at radius 1 is 1.00 bits per heavy atom. The van der Waals surface area contributed by atoms with E-state index in [1.165, 1.54) is 28.0 Å². The molecule has 0 aliphatic heterocycles. The minimum absolute atomic E-state index is 0.181. The Morgan fingerprint density at radius 2 is 1.68 bits per heavy atom. The summed E-state index contributed by atoms with van der Waals surface area (Å²) >= 11 is 0. The summed E-state index contributed by atoms with van der Waals surface area (Å²) in [5.41, 5.74) is 3.85. The molecule has 2 aromatic rings. The zero-order valence-electron chi connectivity index (χ0n) is 14.8. The summed E-state index contributed by atoms with van der Waals surface area (Å²) in [6.45, 7) is -1.64. The van der Waals surface area contributed by atoms with Crippen LogP contribution in [0.25, 0.3) is 0 Å². The molecule has 1 aliphatic carbocycles. The van der Waals surface area contributed by atoms with Gasteiger partial charge < -0.3 is 5.32 Å².